The summed E-state index contributed by atoms with van der Waals surface area (Å²) in [4.78, 5) is 14.2. The van der Waals surface area contributed by atoms with Crippen LogP contribution in [0.5, 0.6) is 0 Å². The highest BCUT2D eigenvalue weighted by Gasteiger charge is 2.27. The molecule has 3 atom stereocenters. The molecule has 0 radical (unpaired) electrons. The lowest BCUT2D eigenvalue weighted by Crippen LogP contribution is -2.52. The van der Waals surface area contributed by atoms with E-state index in [9.17, 15) is 9.90 Å². The lowest BCUT2D eigenvalue weighted by molar-refractivity contribution is -0.128. The molecule has 4 heteroatoms. The molecule has 0 aromatic heterocycles. The van der Waals surface area contributed by atoms with Gasteiger partial charge in [-0.1, -0.05) is 44.2 Å². The van der Waals surface area contributed by atoms with Crippen molar-refractivity contribution in [2.24, 2.45) is 5.92 Å². The highest BCUT2D eigenvalue weighted by molar-refractivity contribution is 5.82. The van der Waals surface area contributed by atoms with Crippen LogP contribution < -0.4 is 5.32 Å². The molecule has 118 valence electrons. The molecule has 0 aliphatic heterocycles. The zero-order valence-corrected chi connectivity index (χ0v) is 13.7. The molecule has 1 aromatic rings. The third-order valence-corrected chi connectivity index (χ3v) is 3.69. The quantitative estimate of drug-likeness (QED) is 0.804. The zero-order chi connectivity index (χ0) is 16.0. The molecule has 0 spiro atoms. The maximum atomic E-state index is 12.3. The molecular formula is C17H28N2O2. The first kappa shape index (κ1) is 17.7. The molecule has 0 bridgehead atoms. The van der Waals surface area contributed by atoms with E-state index in [-0.39, 0.29) is 23.9 Å². The molecular weight excluding hydrogens is 264 g/mol. The summed E-state index contributed by atoms with van der Waals surface area (Å²) < 4.78 is 0. The largest absolute Gasteiger partial charge is 0.391 e. The highest BCUT2D eigenvalue weighted by atomic mass is 16.3. The van der Waals surface area contributed by atoms with Gasteiger partial charge in [-0.3, -0.25) is 9.69 Å². The van der Waals surface area contributed by atoms with Gasteiger partial charge in [0.05, 0.1) is 18.2 Å². The van der Waals surface area contributed by atoms with Crippen molar-refractivity contribution >= 4 is 5.91 Å². The number of aliphatic hydroxyl groups excluding tert-OH is 1. The number of carbonyl (C=O) groups excluding carboxylic acids is 1. The molecule has 0 saturated carbocycles. The van der Waals surface area contributed by atoms with Gasteiger partial charge in [0.25, 0.3) is 0 Å². The summed E-state index contributed by atoms with van der Waals surface area (Å²) in [6.07, 6.45) is -0.0531. The van der Waals surface area contributed by atoms with E-state index in [2.05, 4.69) is 5.32 Å². The van der Waals surface area contributed by atoms with Crippen molar-refractivity contribution in [3.05, 3.63) is 35.9 Å². The van der Waals surface area contributed by atoms with Gasteiger partial charge in [0, 0.05) is 6.42 Å². The number of benzene rings is 1. The zero-order valence-electron chi connectivity index (χ0n) is 13.7. The van der Waals surface area contributed by atoms with Crippen LogP contribution in [0.4, 0.5) is 0 Å². The summed E-state index contributed by atoms with van der Waals surface area (Å²) in [7, 11) is 3.80. The monoisotopic (exact) mass is 292 g/mol. The van der Waals surface area contributed by atoms with Crippen LogP contribution in [0.15, 0.2) is 30.3 Å². The average Bonchev–Trinajstić information content (AvgIpc) is 2.38. The Kier molecular flexibility index (Phi) is 6.85. The number of amides is 1. The number of rotatable bonds is 7. The van der Waals surface area contributed by atoms with Crippen molar-refractivity contribution in [1.82, 2.24) is 10.2 Å². The highest BCUT2D eigenvalue weighted by Crippen LogP contribution is 2.10. The van der Waals surface area contributed by atoms with Gasteiger partial charge in [-0.15, -0.1) is 0 Å². The molecule has 0 aliphatic carbocycles. The van der Waals surface area contributed by atoms with Crippen LogP contribution in [0.25, 0.3) is 0 Å². The molecule has 0 heterocycles. The minimum Gasteiger partial charge on any atom is -0.391 e. The first-order valence-corrected chi connectivity index (χ1v) is 7.51. The second-order valence-electron chi connectivity index (χ2n) is 6.21. The number of aliphatic hydroxyl groups is 1. The minimum absolute atomic E-state index is 0.0328. The first-order chi connectivity index (χ1) is 9.82. The summed E-state index contributed by atoms with van der Waals surface area (Å²) in [5.41, 5.74) is 1.07. The number of likely N-dealkylation sites (N-methyl/N-ethyl adjacent to an activating group) is 1. The first-order valence-electron chi connectivity index (χ1n) is 7.51. The Balaban J connectivity index is 2.59. The van der Waals surface area contributed by atoms with Gasteiger partial charge in [0.15, 0.2) is 0 Å². The molecule has 4 nitrogen and oxygen atoms in total. The van der Waals surface area contributed by atoms with Gasteiger partial charge in [-0.25, -0.2) is 0 Å². The number of hydrogen-bond acceptors (Lipinski definition) is 3. The van der Waals surface area contributed by atoms with Crippen molar-refractivity contribution < 1.29 is 9.90 Å². The Labute approximate surface area is 128 Å². The fourth-order valence-electron chi connectivity index (χ4n) is 2.57. The van der Waals surface area contributed by atoms with Crippen LogP contribution >= 0.6 is 0 Å². The third kappa shape index (κ3) is 5.48. The van der Waals surface area contributed by atoms with Crippen molar-refractivity contribution in [3.63, 3.8) is 0 Å². The summed E-state index contributed by atoms with van der Waals surface area (Å²) in [6.45, 7) is 5.89. The van der Waals surface area contributed by atoms with Gasteiger partial charge in [-0.05, 0) is 32.5 Å². The SMILES string of the molecule is CC(C)C(C(=O)NC(C)C(O)Cc1ccccc1)N(C)C. The minimum atomic E-state index is -0.591. The van der Waals surface area contributed by atoms with Crippen LogP contribution in [-0.4, -0.2) is 48.2 Å². The van der Waals surface area contributed by atoms with Crippen LogP contribution in [0, 0.1) is 5.92 Å². The second-order valence-corrected chi connectivity index (χ2v) is 6.21. The molecule has 1 aromatic carbocycles. The Morgan fingerprint density at radius 2 is 1.76 bits per heavy atom. The Morgan fingerprint density at radius 1 is 1.19 bits per heavy atom. The van der Waals surface area contributed by atoms with Crippen molar-refractivity contribution in [2.75, 3.05) is 14.1 Å². The van der Waals surface area contributed by atoms with Crippen molar-refractivity contribution in [1.29, 1.82) is 0 Å². The maximum Gasteiger partial charge on any atom is 0.237 e. The molecule has 0 fully saturated rings. The second kappa shape index (κ2) is 8.15. The molecule has 1 rings (SSSR count). The fourth-order valence-corrected chi connectivity index (χ4v) is 2.57. The average molecular weight is 292 g/mol. The van der Waals surface area contributed by atoms with Crippen molar-refractivity contribution in [2.45, 2.75) is 45.4 Å². The number of nitrogens with one attached hydrogen (secondary N) is 1. The normalized spacial score (nSPS) is 15.8. The van der Waals surface area contributed by atoms with E-state index in [1.165, 1.54) is 0 Å². The van der Waals surface area contributed by atoms with E-state index in [4.69, 9.17) is 0 Å². The standard InChI is InChI=1S/C17H28N2O2/c1-12(2)16(19(4)5)17(21)18-13(3)15(20)11-14-9-7-6-8-10-14/h6-10,12-13,15-16,20H,11H2,1-5H3,(H,18,21). The van der Waals surface area contributed by atoms with E-state index in [1.54, 1.807) is 0 Å². The number of carbonyl (C=O) groups is 1. The smallest absolute Gasteiger partial charge is 0.237 e. The maximum absolute atomic E-state index is 12.3. The predicted molar refractivity (Wildman–Crippen MR) is 86.1 cm³/mol. The molecule has 2 N–H and O–H groups in total. The van der Waals surface area contributed by atoms with Crippen LogP contribution in [0.3, 0.4) is 0 Å². The summed E-state index contributed by atoms with van der Waals surface area (Å²) >= 11 is 0. The van der Waals surface area contributed by atoms with Gasteiger partial charge in [0.1, 0.15) is 0 Å². The molecule has 1 amide bonds. The van der Waals surface area contributed by atoms with Gasteiger partial charge in [-0.2, -0.15) is 0 Å². The third-order valence-electron chi connectivity index (χ3n) is 3.69. The van der Waals surface area contributed by atoms with E-state index < -0.39 is 6.10 Å². The van der Waals surface area contributed by atoms with Crippen molar-refractivity contribution in [3.8, 4) is 0 Å². The van der Waals surface area contributed by atoms with Gasteiger partial charge < -0.3 is 10.4 Å². The van der Waals surface area contributed by atoms with E-state index in [1.807, 2.05) is 70.1 Å². The fraction of sp³-hybridized carbons (Fsp3) is 0.588. The Bertz CT molecular complexity index is 424. The van der Waals surface area contributed by atoms with Crippen LogP contribution in [0.2, 0.25) is 0 Å². The molecule has 3 unspecified atom stereocenters. The molecule has 0 saturated heterocycles. The van der Waals surface area contributed by atoms with E-state index in [0.717, 1.165) is 5.56 Å². The van der Waals surface area contributed by atoms with E-state index in [0.29, 0.717) is 6.42 Å². The van der Waals surface area contributed by atoms with Crippen LogP contribution in [0.1, 0.15) is 26.3 Å². The van der Waals surface area contributed by atoms with E-state index >= 15 is 0 Å². The Morgan fingerprint density at radius 3 is 2.24 bits per heavy atom. The lowest BCUT2D eigenvalue weighted by Gasteiger charge is -2.29. The van der Waals surface area contributed by atoms with Gasteiger partial charge in [0.2, 0.25) is 5.91 Å². The number of hydrogen-bond donors (Lipinski definition) is 2. The predicted octanol–water partition coefficient (Wildman–Crippen LogP) is 1.68. The topological polar surface area (TPSA) is 52.6 Å². The number of nitrogens with zero attached hydrogens (tertiary/aromatic N) is 1. The molecule has 0 aliphatic rings. The summed E-state index contributed by atoms with van der Waals surface area (Å²) in [6, 6.07) is 9.35. The Hall–Kier alpha value is -1.39. The lowest BCUT2D eigenvalue weighted by atomic mass is 10.00. The summed E-state index contributed by atoms with van der Waals surface area (Å²) in [5.74, 6) is 0.188. The van der Waals surface area contributed by atoms with Gasteiger partial charge >= 0.3 is 0 Å². The summed E-state index contributed by atoms with van der Waals surface area (Å²) in [5, 5.41) is 13.2. The van der Waals surface area contributed by atoms with Crippen LogP contribution in [-0.2, 0) is 11.2 Å². The molecule has 21 heavy (non-hydrogen) atoms.